The highest BCUT2D eigenvalue weighted by Crippen LogP contribution is 2.25. The van der Waals surface area contributed by atoms with Crippen LogP contribution in [0.25, 0.3) is 0 Å². The fourth-order valence-electron chi connectivity index (χ4n) is 1.79. The molecule has 0 bridgehead atoms. The van der Waals surface area contributed by atoms with Gasteiger partial charge in [0.2, 0.25) is 5.91 Å². The van der Waals surface area contributed by atoms with Gasteiger partial charge >= 0.3 is 0 Å². The van der Waals surface area contributed by atoms with E-state index in [0.717, 1.165) is 11.3 Å². The fourth-order valence-corrected chi connectivity index (χ4v) is 1.79. The van der Waals surface area contributed by atoms with Crippen molar-refractivity contribution >= 4 is 23.1 Å². The molecule has 2 N–H and O–H groups in total. The molecule has 1 aromatic rings. The predicted octanol–water partition coefficient (Wildman–Crippen LogP) is 0.883. The SMILES string of the molecule is Cc1cc(N)ccc1N1CC(=O)CC1=O. The van der Waals surface area contributed by atoms with Crippen LogP contribution in [0, 0.1) is 6.92 Å². The number of Topliss-reactive ketones (excluding diaryl/α,β-unsaturated/α-hetero) is 1. The number of carbonyl (C=O) groups excluding carboxylic acids is 2. The zero-order valence-electron chi connectivity index (χ0n) is 8.49. The lowest BCUT2D eigenvalue weighted by molar-refractivity contribution is -0.121. The number of nitrogen functional groups attached to an aromatic ring is 1. The standard InChI is InChI=1S/C11H12N2O2/c1-7-4-8(12)2-3-10(7)13-6-9(14)5-11(13)15/h2-4H,5-6,12H2,1H3. The predicted molar refractivity (Wildman–Crippen MR) is 57.6 cm³/mol. The first-order valence-corrected chi connectivity index (χ1v) is 4.76. The minimum Gasteiger partial charge on any atom is -0.399 e. The molecule has 1 saturated heterocycles. The Labute approximate surface area is 87.7 Å². The average molecular weight is 204 g/mol. The number of amides is 1. The summed E-state index contributed by atoms with van der Waals surface area (Å²) in [6.45, 7) is 2.06. The van der Waals surface area contributed by atoms with E-state index in [1.165, 1.54) is 4.90 Å². The molecule has 1 aromatic carbocycles. The molecule has 1 aliphatic heterocycles. The van der Waals surface area contributed by atoms with Crippen LogP contribution in [0.1, 0.15) is 12.0 Å². The Bertz CT molecular complexity index is 440. The second kappa shape index (κ2) is 3.38. The molecule has 2 rings (SSSR count). The third-order valence-corrected chi connectivity index (χ3v) is 2.50. The van der Waals surface area contributed by atoms with Crippen LogP contribution in [0.5, 0.6) is 0 Å². The van der Waals surface area contributed by atoms with Crippen molar-refractivity contribution in [2.45, 2.75) is 13.3 Å². The van der Waals surface area contributed by atoms with Crippen molar-refractivity contribution < 1.29 is 9.59 Å². The molecule has 4 nitrogen and oxygen atoms in total. The van der Waals surface area contributed by atoms with Crippen molar-refractivity contribution in [1.82, 2.24) is 0 Å². The highest BCUT2D eigenvalue weighted by molar-refractivity contribution is 6.15. The van der Waals surface area contributed by atoms with Gasteiger partial charge in [-0.25, -0.2) is 0 Å². The van der Waals surface area contributed by atoms with Crippen LogP contribution in [-0.2, 0) is 9.59 Å². The highest BCUT2D eigenvalue weighted by atomic mass is 16.2. The number of aryl methyl sites for hydroxylation is 1. The summed E-state index contributed by atoms with van der Waals surface area (Å²) >= 11 is 0. The van der Waals surface area contributed by atoms with Gasteiger partial charge < -0.3 is 10.6 Å². The first-order valence-electron chi connectivity index (χ1n) is 4.76. The van der Waals surface area contributed by atoms with Crippen LogP contribution in [-0.4, -0.2) is 18.2 Å². The Morgan fingerprint density at radius 1 is 1.33 bits per heavy atom. The van der Waals surface area contributed by atoms with Crippen molar-refractivity contribution in [3.8, 4) is 0 Å². The molecule has 78 valence electrons. The fraction of sp³-hybridized carbons (Fsp3) is 0.273. The van der Waals surface area contributed by atoms with Gasteiger partial charge in [-0.1, -0.05) is 0 Å². The van der Waals surface area contributed by atoms with E-state index in [1.807, 2.05) is 6.92 Å². The van der Waals surface area contributed by atoms with Crippen LogP contribution >= 0.6 is 0 Å². The third kappa shape index (κ3) is 1.70. The number of nitrogens with two attached hydrogens (primary N) is 1. The number of benzene rings is 1. The molecule has 4 heteroatoms. The van der Waals surface area contributed by atoms with Gasteiger partial charge in [-0.2, -0.15) is 0 Å². The van der Waals surface area contributed by atoms with E-state index in [1.54, 1.807) is 18.2 Å². The summed E-state index contributed by atoms with van der Waals surface area (Å²) in [5.41, 5.74) is 7.97. The van der Waals surface area contributed by atoms with Crippen LogP contribution in [0.15, 0.2) is 18.2 Å². The lowest BCUT2D eigenvalue weighted by atomic mass is 10.1. The Morgan fingerprint density at radius 2 is 2.07 bits per heavy atom. The monoisotopic (exact) mass is 204 g/mol. The lowest BCUT2D eigenvalue weighted by Gasteiger charge is -2.17. The number of hydrogen-bond acceptors (Lipinski definition) is 3. The minimum absolute atomic E-state index is 0.0177. The molecule has 1 fully saturated rings. The Morgan fingerprint density at radius 3 is 2.60 bits per heavy atom. The maximum atomic E-state index is 11.5. The van der Waals surface area contributed by atoms with E-state index in [9.17, 15) is 9.59 Å². The van der Waals surface area contributed by atoms with Crippen molar-refractivity contribution in [3.63, 3.8) is 0 Å². The molecule has 0 radical (unpaired) electrons. The third-order valence-electron chi connectivity index (χ3n) is 2.50. The second-order valence-corrected chi connectivity index (χ2v) is 3.74. The Hall–Kier alpha value is -1.84. The number of anilines is 2. The van der Waals surface area contributed by atoms with Gasteiger partial charge in [-0.3, -0.25) is 9.59 Å². The molecule has 15 heavy (non-hydrogen) atoms. The molecular formula is C11H12N2O2. The van der Waals surface area contributed by atoms with E-state index in [2.05, 4.69) is 0 Å². The first kappa shape index (κ1) is 9.71. The average Bonchev–Trinajstić information content (AvgIpc) is 2.45. The second-order valence-electron chi connectivity index (χ2n) is 3.74. The summed E-state index contributed by atoms with van der Waals surface area (Å²) in [6.07, 6.45) is 0.0177. The quantitative estimate of drug-likeness (QED) is 0.545. The lowest BCUT2D eigenvalue weighted by Crippen LogP contribution is -2.25. The number of ketones is 1. The molecule has 0 aliphatic carbocycles. The van der Waals surface area contributed by atoms with E-state index < -0.39 is 0 Å². The van der Waals surface area contributed by atoms with Gasteiger partial charge in [0.05, 0.1) is 13.0 Å². The van der Waals surface area contributed by atoms with Crippen molar-refractivity contribution in [2.75, 3.05) is 17.2 Å². The summed E-state index contributed by atoms with van der Waals surface area (Å²) in [6, 6.07) is 5.31. The zero-order chi connectivity index (χ0) is 11.0. The molecule has 1 amide bonds. The number of hydrogen-bond donors (Lipinski definition) is 1. The van der Waals surface area contributed by atoms with Crippen LogP contribution in [0.3, 0.4) is 0 Å². The number of carbonyl (C=O) groups is 2. The van der Waals surface area contributed by atoms with Gasteiger partial charge in [0.1, 0.15) is 0 Å². The molecule has 0 aromatic heterocycles. The molecular weight excluding hydrogens is 192 g/mol. The van der Waals surface area contributed by atoms with E-state index >= 15 is 0 Å². The summed E-state index contributed by atoms with van der Waals surface area (Å²) in [5, 5.41) is 0. The van der Waals surface area contributed by atoms with E-state index in [-0.39, 0.29) is 24.7 Å². The van der Waals surface area contributed by atoms with Gasteiger partial charge in [0.15, 0.2) is 5.78 Å². The van der Waals surface area contributed by atoms with Gasteiger partial charge in [-0.05, 0) is 30.7 Å². The first-order chi connectivity index (χ1) is 7.08. The van der Waals surface area contributed by atoms with Gasteiger partial charge in [0.25, 0.3) is 0 Å². The molecule has 1 heterocycles. The Kier molecular flexibility index (Phi) is 2.19. The topological polar surface area (TPSA) is 63.4 Å². The van der Waals surface area contributed by atoms with E-state index in [4.69, 9.17) is 5.73 Å². The maximum absolute atomic E-state index is 11.5. The van der Waals surface area contributed by atoms with Crippen molar-refractivity contribution in [2.24, 2.45) is 0 Å². The van der Waals surface area contributed by atoms with Gasteiger partial charge in [0, 0.05) is 11.4 Å². The summed E-state index contributed by atoms with van der Waals surface area (Å²) in [5.74, 6) is -0.163. The van der Waals surface area contributed by atoms with E-state index in [0.29, 0.717) is 5.69 Å². The molecule has 1 aliphatic rings. The molecule has 0 atom stereocenters. The largest absolute Gasteiger partial charge is 0.399 e. The Balaban J connectivity index is 2.38. The summed E-state index contributed by atoms with van der Waals surface area (Å²) in [7, 11) is 0. The van der Waals surface area contributed by atoms with Crippen LogP contribution in [0.2, 0.25) is 0 Å². The van der Waals surface area contributed by atoms with Crippen molar-refractivity contribution in [1.29, 1.82) is 0 Å². The number of rotatable bonds is 1. The molecule has 0 saturated carbocycles. The van der Waals surface area contributed by atoms with Crippen LogP contribution in [0.4, 0.5) is 11.4 Å². The molecule has 0 unspecified atom stereocenters. The zero-order valence-corrected chi connectivity index (χ0v) is 8.49. The van der Waals surface area contributed by atoms with Gasteiger partial charge in [-0.15, -0.1) is 0 Å². The summed E-state index contributed by atoms with van der Waals surface area (Å²) in [4.78, 5) is 24.1. The summed E-state index contributed by atoms with van der Waals surface area (Å²) < 4.78 is 0. The highest BCUT2D eigenvalue weighted by Gasteiger charge is 2.29. The van der Waals surface area contributed by atoms with Crippen LogP contribution < -0.4 is 10.6 Å². The number of nitrogens with zero attached hydrogens (tertiary/aromatic N) is 1. The normalized spacial score (nSPS) is 16.2. The minimum atomic E-state index is -0.132. The van der Waals surface area contributed by atoms with Crippen molar-refractivity contribution in [3.05, 3.63) is 23.8 Å². The smallest absolute Gasteiger partial charge is 0.234 e. The maximum Gasteiger partial charge on any atom is 0.234 e. The molecule has 0 spiro atoms.